The number of ether oxygens (including phenoxy) is 2. The van der Waals surface area contributed by atoms with E-state index in [0.717, 1.165) is 13.0 Å². The third kappa shape index (κ3) is 2.19. The van der Waals surface area contributed by atoms with Crippen LogP contribution in [0.4, 0.5) is 0 Å². The first kappa shape index (κ1) is 9.48. The standard InChI is InChI=1S/C8H15NO3/c1-9(8(10)6-11-2)7-3-4-12-5-7/h7H,3-6H2,1-2H3. The largest absolute Gasteiger partial charge is 0.379 e. The molecule has 0 aromatic carbocycles. The van der Waals surface area contributed by atoms with Gasteiger partial charge in [0, 0.05) is 20.8 Å². The van der Waals surface area contributed by atoms with Crippen molar-refractivity contribution in [3.8, 4) is 0 Å². The van der Waals surface area contributed by atoms with Gasteiger partial charge in [0.05, 0.1) is 12.6 Å². The van der Waals surface area contributed by atoms with Crippen LogP contribution in [-0.2, 0) is 14.3 Å². The van der Waals surface area contributed by atoms with Gasteiger partial charge in [0.1, 0.15) is 6.61 Å². The molecule has 0 aliphatic carbocycles. The van der Waals surface area contributed by atoms with Crippen LogP contribution in [0.5, 0.6) is 0 Å². The van der Waals surface area contributed by atoms with Crippen molar-refractivity contribution >= 4 is 5.91 Å². The van der Waals surface area contributed by atoms with Gasteiger partial charge in [-0.05, 0) is 6.42 Å². The van der Waals surface area contributed by atoms with Crippen molar-refractivity contribution in [2.75, 3.05) is 34.0 Å². The van der Waals surface area contributed by atoms with Gasteiger partial charge in [-0.1, -0.05) is 0 Å². The van der Waals surface area contributed by atoms with Crippen molar-refractivity contribution in [1.29, 1.82) is 0 Å². The molecule has 1 heterocycles. The predicted molar refractivity (Wildman–Crippen MR) is 43.9 cm³/mol. The molecule has 1 rings (SSSR count). The number of rotatable bonds is 3. The van der Waals surface area contributed by atoms with E-state index in [2.05, 4.69) is 0 Å². The molecule has 1 fully saturated rings. The van der Waals surface area contributed by atoms with Crippen LogP contribution in [0.25, 0.3) is 0 Å². The highest BCUT2D eigenvalue weighted by Crippen LogP contribution is 2.10. The fourth-order valence-electron chi connectivity index (χ4n) is 1.26. The van der Waals surface area contributed by atoms with E-state index < -0.39 is 0 Å². The first-order valence-corrected chi connectivity index (χ1v) is 4.08. The number of carbonyl (C=O) groups is 1. The number of methoxy groups -OCH3 is 1. The van der Waals surface area contributed by atoms with Gasteiger partial charge in [0.25, 0.3) is 0 Å². The van der Waals surface area contributed by atoms with Crippen LogP contribution in [0.1, 0.15) is 6.42 Å². The number of hydrogen-bond acceptors (Lipinski definition) is 3. The lowest BCUT2D eigenvalue weighted by atomic mass is 10.2. The average molecular weight is 173 g/mol. The maximum Gasteiger partial charge on any atom is 0.248 e. The molecule has 70 valence electrons. The summed E-state index contributed by atoms with van der Waals surface area (Å²) in [6, 6.07) is 0.243. The van der Waals surface area contributed by atoms with E-state index in [1.807, 2.05) is 0 Å². The number of likely N-dealkylation sites (N-methyl/N-ethyl adjacent to an activating group) is 1. The predicted octanol–water partition coefficient (Wildman–Crippen LogP) is -0.120. The third-order valence-corrected chi connectivity index (χ3v) is 2.11. The maximum atomic E-state index is 11.3. The molecule has 0 aromatic rings. The lowest BCUT2D eigenvalue weighted by Crippen LogP contribution is -2.39. The maximum absolute atomic E-state index is 11.3. The number of hydrogen-bond donors (Lipinski definition) is 0. The molecular weight excluding hydrogens is 158 g/mol. The minimum Gasteiger partial charge on any atom is -0.379 e. The minimum absolute atomic E-state index is 0.0213. The summed E-state index contributed by atoms with van der Waals surface area (Å²) in [7, 11) is 3.32. The molecule has 4 nitrogen and oxygen atoms in total. The highest BCUT2D eigenvalue weighted by molar-refractivity contribution is 5.77. The molecule has 1 aliphatic rings. The molecule has 1 aliphatic heterocycles. The highest BCUT2D eigenvalue weighted by Gasteiger charge is 2.23. The van der Waals surface area contributed by atoms with Crippen molar-refractivity contribution in [2.45, 2.75) is 12.5 Å². The van der Waals surface area contributed by atoms with E-state index in [1.165, 1.54) is 7.11 Å². The van der Waals surface area contributed by atoms with Gasteiger partial charge < -0.3 is 14.4 Å². The Kier molecular flexibility index (Phi) is 3.49. The average Bonchev–Trinajstić information content (AvgIpc) is 2.55. The molecule has 0 bridgehead atoms. The Bertz CT molecular complexity index is 154. The van der Waals surface area contributed by atoms with Crippen LogP contribution >= 0.6 is 0 Å². The first-order valence-electron chi connectivity index (χ1n) is 4.08. The zero-order chi connectivity index (χ0) is 8.97. The Labute approximate surface area is 72.4 Å². The summed E-state index contributed by atoms with van der Waals surface area (Å²) >= 11 is 0. The second-order valence-electron chi connectivity index (χ2n) is 2.96. The van der Waals surface area contributed by atoms with E-state index in [1.54, 1.807) is 11.9 Å². The van der Waals surface area contributed by atoms with E-state index in [9.17, 15) is 4.79 Å². The summed E-state index contributed by atoms with van der Waals surface area (Å²) in [5.74, 6) is 0.0213. The lowest BCUT2D eigenvalue weighted by molar-refractivity contribution is -0.135. The number of nitrogens with zero attached hydrogens (tertiary/aromatic N) is 1. The van der Waals surface area contributed by atoms with Gasteiger partial charge in [-0.3, -0.25) is 4.79 Å². The highest BCUT2D eigenvalue weighted by atomic mass is 16.5. The summed E-state index contributed by atoms with van der Waals surface area (Å²) < 4.78 is 9.92. The van der Waals surface area contributed by atoms with Gasteiger partial charge in [-0.15, -0.1) is 0 Å². The minimum atomic E-state index is 0.0213. The molecule has 1 unspecified atom stereocenters. The molecule has 0 aromatic heterocycles. The molecule has 0 saturated carbocycles. The van der Waals surface area contributed by atoms with Crippen LogP contribution < -0.4 is 0 Å². The lowest BCUT2D eigenvalue weighted by Gasteiger charge is -2.22. The van der Waals surface area contributed by atoms with Gasteiger partial charge in [-0.2, -0.15) is 0 Å². The van der Waals surface area contributed by atoms with Gasteiger partial charge in [-0.25, -0.2) is 0 Å². The zero-order valence-electron chi connectivity index (χ0n) is 7.58. The second kappa shape index (κ2) is 4.42. The van der Waals surface area contributed by atoms with E-state index in [-0.39, 0.29) is 18.6 Å². The second-order valence-corrected chi connectivity index (χ2v) is 2.96. The van der Waals surface area contributed by atoms with E-state index in [4.69, 9.17) is 9.47 Å². The van der Waals surface area contributed by atoms with Crippen molar-refractivity contribution < 1.29 is 14.3 Å². The van der Waals surface area contributed by atoms with E-state index in [0.29, 0.717) is 6.61 Å². The van der Waals surface area contributed by atoms with Gasteiger partial charge in [0.2, 0.25) is 5.91 Å². The summed E-state index contributed by atoms with van der Waals surface area (Å²) in [5.41, 5.74) is 0. The zero-order valence-corrected chi connectivity index (χ0v) is 7.58. The van der Waals surface area contributed by atoms with Crippen LogP contribution in [0, 0.1) is 0 Å². The molecule has 0 N–H and O–H groups in total. The quantitative estimate of drug-likeness (QED) is 0.597. The van der Waals surface area contributed by atoms with Crippen LogP contribution in [0.2, 0.25) is 0 Å². The Morgan fingerprint density at radius 3 is 3.00 bits per heavy atom. The Balaban J connectivity index is 2.34. The Morgan fingerprint density at radius 1 is 1.75 bits per heavy atom. The molecule has 4 heteroatoms. The molecular formula is C8H15NO3. The molecule has 0 radical (unpaired) electrons. The fraction of sp³-hybridized carbons (Fsp3) is 0.875. The summed E-state index contributed by atoms with van der Waals surface area (Å²) in [6.07, 6.45) is 0.936. The summed E-state index contributed by atoms with van der Waals surface area (Å²) in [4.78, 5) is 13.0. The van der Waals surface area contributed by atoms with Crippen molar-refractivity contribution in [2.24, 2.45) is 0 Å². The van der Waals surface area contributed by atoms with Gasteiger partial charge in [0.15, 0.2) is 0 Å². The van der Waals surface area contributed by atoms with Crippen molar-refractivity contribution in [1.82, 2.24) is 4.90 Å². The van der Waals surface area contributed by atoms with E-state index >= 15 is 0 Å². The number of carbonyl (C=O) groups excluding carboxylic acids is 1. The van der Waals surface area contributed by atoms with Crippen molar-refractivity contribution in [3.05, 3.63) is 0 Å². The summed E-state index contributed by atoms with van der Waals surface area (Å²) in [5, 5.41) is 0. The normalized spacial score (nSPS) is 22.7. The van der Waals surface area contributed by atoms with Gasteiger partial charge >= 0.3 is 0 Å². The van der Waals surface area contributed by atoms with Crippen molar-refractivity contribution in [3.63, 3.8) is 0 Å². The SMILES string of the molecule is COCC(=O)N(C)C1CCOC1. The smallest absolute Gasteiger partial charge is 0.248 e. The van der Waals surface area contributed by atoms with Crippen LogP contribution in [0.15, 0.2) is 0 Å². The Hall–Kier alpha value is -0.610. The molecule has 1 amide bonds. The summed E-state index contributed by atoms with van der Waals surface area (Å²) in [6.45, 7) is 1.58. The topological polar surface area (TPSA) is 38.8 Å². The molecule has 12 heavy (non-hydrogen) atoms. The number of amides is 1. The Morgan fingerprint density at radius 2 is 2.50 bits per heavy atom. The molecule has 1 atom stereocenters. The molecule has 0 spiro atoms. The molecule has 1 saturated heterocycles. The monoisotopic (exact) mass is 173 g/mol. The third-order valence-electron chi connectivity index (χ3n) is 2.11. The van der Waals surface area contributed by atoms with Crippen LogP contribution in [-0.4, -0.2) is 50.8 Å². The first-order chi connectivity index (χ1) is 5.75. The fourth-order valence-corrected chi connectivity index (χ4v) is 1.26. The van der Waals surface area contributed by atoms with Crippen LogP contribution in [0.3, 0.4) is 0 Å².